The molecule has 1 aromatic rings. The maximum atomic E-state index is 11.9. The van der Waals surface area contributed by atoms with E-state index in [2.05, 4.69) is 22.2 Å². The number of aromatic amines is 1. The van der Waals surface area contributed by atoms with Crippen molar-refractivity contribution in [1.29, 1.82) is 0 Å². The number of aryl methyl sites for hydroxylation is 2. The second kappa shape index (κ2) is 6.66. The average Bonchev–Trinajstić information content (AvgIpc) is 2.25. The summed E-state index contributed by atoms with van der Waals surface area (Å²) in [5.74, 6) is 1.03. The van der Waals surface area contributed by atoms with Gasteiger partial charge in [0, 0.05) is 18.3 Å². The predicted octanol–water partition coefficient (Wildman–Crippen LogP) is 1.06. The third kappa shape index (κ3) is 3.92. The van der Waals surface area contributed by atoms with Crippen molar-refractivity contribution in [3.63, 3.8) is 0 Å². The van der Waals surface area contributed by atoms with Gasteiger partial charge in [0.25, 0.3) is 5.56 Å². The molecular formula is C13H23N3O2. The van der Waals surface area contributed by atoms with Crippen molar-refractivity contribution in [2.24, 2.45) is 5.92 Å². The van der Waals surface area contributed by atoms with Crippen LogP contribution in [0.4, 0.5) is 0 Å². The molecule has 5 heteroatoms. The topological polar surface area (TPSA) is 78.0 Å². The second-order valence-corrected chi connectivity index (χ2v) is 4.90. The predicted molar refractivity (Wildman–Crippen MR) is 71.6 cm³/mol. The fraction of sp³-hybridized carbons (Fsp3) is 0.692. The zero-order valence-electron chi connectivity index (χ0n) is 11.6. The molecule has 0 saturated heterocycles. The Hall–Kier alpha value is -1.20. The summed E-state index contributed by atoms with van der Waals surface area (Å²) in [6.07, 6.45) is 0.765. The van der Waals surface area contributed by atoms with Gasteiger partial charge in [-0.05, 0) is 39.7 Å². The number of aliphatic hydroxyl groups excluding tert-OH is 1. The molecule has 0 amide bonds. The van der Waals surface area contributed by atoms with Crippen molar-refractivity contribution < 1.29 is 5.11 Å². The molecule has 5 nitrogen and oxygen atoms in total. The molecule has 1 aromatic heterocycles. The molecule has 3 N–H and O–H groups in total. The SMILES string of the molecule is Cc1nc(C)c(C(C)NCC(C)CCO)c(=O)[nH]1. The second-order valence-electron chi connectivity index (χ2n) is 4.90. The van der Waals surface area contributed by atoms with Crippen LogP contribution in [-0.2, 0) is 0 Å². The minimum atomic E-state index is -0.0742. The van der Waals surface area contributed by atoms with Crippen LogP contribution in [0.2, 0.25) is 0 Å². The van der Waals surface area contributed by atoms with Crippen LogP contribution in [-0.4, -0.2) is 28.2 Å². The molecule has 0 fully saturated rings. The Morgan fingerprint density at radius 2 is 2.06 bits per heavy atom. The molecule has 0 aliphatic rings. The van der Waals surface area contributed by atoms with E-state index < -0.39 is 0 Å². The summed E-state index contributed by atoms with van der Waals surface area (Å²) in [4.78, 5) is 18.9. The zero-order valence-corrected chi connectivity index (χ0v) is 11.6. The van der Waals surface area contributed by atoms with Crippen LogP contribution in [0.3, 0.4) is 0 Å². The Morgan fingerprint density at radius 3 is 2.61 bits per heavy atom. The molecule has 0 aliphatic carbocycles. The van der Waals surface area contributed by atoms with E-state index in [1.165, 1.54) is 0 Å². The first-order valence-corrected chi connectivity index (χ1v) is 6.37. The standard InChI is InChI=1S/C13H23N3O2/c1-8(5-6-17)7-14-9(2)12-10(3)15-11(4)16-13(12)18/h8-9,14,17H,5-7H2,1-4H3,(H,15,16,18). The molecule has 0 saturated carbocycles. The van der Waals surface area contributed by atoms with E-state index >= 15 is 0 Å². The van der Waals surface area contributed by atoms with Crippen molar-refractivity contribution in [3.05, 3.63) is 27.4 Å². The summed E-state index contributed by atoms with van der Waals surface area (Å²) in [6.45, 7) is 8.63. The van der Waals surface area contributed by atoms with Gasteiger partial charge in [-0.1, -0.05) is 6.92 Å². The summed E-state index contributed by atoms with van der Waals surface area (Å²) >= 11 is 0. The van der Waals surface area contributed by atoms with Crippen LogP contribution in [0.25, 0.3) is 0 Å². The van der Waals surface area contributed by atoms with E-state index in [-0.39, 0.29) is 18.2 Å². The smallest absolute Gasteiger partial charge is 0.255 e. The zero-order chi connectivity index (χ0) is 13.7. The first kappa shape index (κ1) is 14.9. The fourth-order valence-electron chi connectivity index (χ4n) is 2.05. The van der Waals surface area contributed by atoms with Gasteiger partial charge in [0.1, 0.15) is 5.82 Å². The van der Waals surface area contributed by atoms with Crippen LogP contribution in [0, 0.1) is 19.8 Å². The van der Waals surface area contributed by atoms with Crippen molar-refractivity contribution in [1.82, 2.24) is 15.3 Å². The first-order chi connectivity index (χ1) is 8.45. The molecule has 102 valence electrons. The van der Waals surface area contributed by atoms with Gasteiger partial charge in [-0.3, -0.25) is 4.79 Å². The van der Waals surface area contributed by atoms with Crippen LogP contribution in [0.5, 0.6) is 0 Å². The van der Waals surface area contributed by atoms with Crippen LogP contribution in [0.15, 0.2) is 4.79 Å². The van der Waals surface area contributed by atoms with E-state index in [0.717, 1.165) is 18.7 Å². The monoisotopic (exact) mass is 253 g/mol. The van der Waals surface area contributed by atoms with E-state index in [0.29, 0.717) is 17.3 Å². The number of aromatic nitrogens is 2. The molecular weight excluding hydrogens is 230 g/mol. The Labute approximate surface area is 108 Å². The molecule has 0 spiro atoms. The summed E-state index contributed by atoms with van der Waals surface area (Å²) in [5, 5.41) is 12.2. The molecule has 0 bridgehead atoms. The molecule has 1 rings (SSSR count). The van der Waals surface area contributed by atoms with Gasteiger partial charge in [0.2, 0.25) is 0 Å². The van der Waals surface area contributed by atoms with Gasteiger partial charge in [-0.2, -0.15) is 0 Å². The number of hydrogen-bond donors (Lipinski definition) is 3. The molecule has 0 aromatic carbocycles. The number of hydrogen-bond acceptors (Lipinski definition) is 4. The van der Waals surface area contributed by atoms with Crippen LogP contribution >= 0.6 is 0 Å². The summed E-state index contributed by atoms with van der Waals surface area (Å²) in [5.41, 5.74) is 1.39. The van der Waals surface area contributed by atoms with E-state index in [1.54, 1.807) is 6.92 Å². The lowest BCUT2D eigenvalue weighted by Crippen LogP contribution is -2.30. The van der Waals surface area contributed by atoms with E-state index in [1.807, 2.05) is 13.8 Å². The van der Waals surface area contributed by atoms with E-state index in [9.17, 15) is 4.79 Å². The maximum absolute atomic E-state index is 11.9. The minimum Gasteiger partial charge on any atom is -0.396 e. The maximum Gasteiger partial charge on any atom is 0.255 e. The third-order valence-corrected chi connectivity index (χ3v) is 3.09. The Balaban J connectivity index is 2.73. The highest BCUT2D eigenvalue weighted by atomic mass is 16.3. The Morgan fingerprint density at radius 1 is 1.39 bits per heavy atom. The molecule has 0 aliphatic heterocycles. The normalized spacial score (nSPS) is 14.5. The lowest BCUT2D eigenvalue weighted by molar-refractivity contribution is 0.258. The lowest BCUT2D eigenvalue weighted by atomic mass is 10.1. The molecule has 18 heavy (non-hydrogen) atoms. The van der Waals surface area contributed by atoms with Crippen molar-refractivity contribution >= 4 is 0 Å². The number of rotatable bonds is 6. The highest BCUT2D eigenvalue weighted by molar-refractivity contribution is 5.19. The van der Waals surface area contributed by atoms with Gasteiger partial charge in [0.15, 0.2) is 0 Å². The van der Waals surface area contributed by atoms with Gasteiger partial charge in [0.05, 0.1) is 5.56 Å². The summed E-state index contributed by atoms with van der Waals surface area (Å²) < 4.78 is 0. The quantitative estimate of drug-likeness (QED) is 0.708. The fourth-order valence-corrected chi connectivity index (χ4v) is 2.05. The molecule has 1 heterocycles. The first-order valence-electron chi connectivity index (χ1n) is 6.37. The number of aliphatic hydroxyl groups is 1. The lowest BCUT2D eigenvalue weighted by Gasteiger charge is -2.18. The van der Waals surface area contributed by atoms with Gasteiger partial charge < -0.3 is 15.4 Å². The van der Waals surface area contributed by atoms with Gasteiger partial charge in [-0.15, -0.1) is 0 Å². The third-order valence-electron chi connectivity index (χ3n) is 3.09. The minimum absolute atomic E-state index is 0.0389. The highest BCUT2D eigenvalue weighted by Crippen LogP contribution is 2.11. The largest absolute Gasteiger partial charge is 0.396 e. The van der Waals surface area contributed by atoms with Crippen molar-refractivity contribution in [2.75, 3.05) is 13.2 Å². The van der Waals surface area contributed by atoms with Crippen LogP contribution < -0.4 is 10.9 Å². The van der Waals surface area contributed by atoms with Crippen molar-refractivity contribution in [3.8, 4) is 0 Å². The van der Waals surface area contributed by atoms with Gasteiger partial charge >= 0.3 is 0 Å². The number of H-pyrrole nitrogens is 1. The summed E-state index contributed by atoms with van der Waals surface area (Å²) in [6, 6.07) is -0.0389. The Kier molecular flexibility index (Phi) is 5.50. The summed E-state index contributed by atoms with van der Waals surface area (Å²) in [7, 11) is 0. The Bertz CT molecular complexity index is 442. The van der Waals surface area contributed by atoms with Gasteiger partial charge in [-0.25, -0.2) is 4.98 Å². The number of nitrogens with one attached hydrogen (secondary N) is 2. The van der Waals surface area contributed by atoms with E-state index in [4.69, 9.17) is 5.11 Å². The molecule has 2 atom stereocenters. The average molecular weight is 253 g/mol. The van der Waals surface area contributed by atoms with Crippen LogP contribution in [0.1, 0.15) is 43.4 Å². The van der Waals surface area contributed by atoms with Crippen molar-refractivity contribution in [2.45, 2.75) is 40.2 Å². The number of nitrogens with zero attached hydrogens (tertiary/aromatic N) is 1. The molecule has 2 unspecified atom stereocenters. The molecule has 0 radical (unpaired) electrons. The highest BCUT2D eigenvalue weighted by Gasteiger charge is 2.14.